The molecule has 214 valence electrons. The minimum absolute atomic E-state index is 0.0676. The third-order valence-electron chi connectivity index (χ3n) is 7.73. The lowest BCUT2D eigenvalue weighted by Crippen LogP contribution is -2.49. The molecule has 2 aromatic carbocycles. The number of ether oxygens (including phenoxy) is 1. The molecule has 1 aliphatic carbocycles. The standard InChI is InChI=1S/C29H36ClN5O4S/c1-20(2)24-15-21(7-8-25(24)31)18-40(37,38)34-13-11-33(12-14-34)26-17-32-35(23-6-4-5-22(30)16-23)28(36)27(26)39-19-29(3)9-10-29/h4-8,15-17,20H,9-14,18-19,31H2,1-3H3. The highest BCUT2D eigenvalue weighted by Crippen LogP contribution is 2.45. The Morgan fingerprint density at radius 1 is 1.10 bits per heavy atom. The highest BCUT2D eigenvalue weighted by atomic mass is 35.5. The van der Waals surface area contributed by atoms with E-state index in [1.165, 1.54) is 8.99 Å². The van der Waals surface area contributed by atoms with Crippen LogP contribution >= 0.6 is 11.6 Å². The largest absolute Gasteiger partial charge is 0.486 e. The molecule has 0 spiro atoms. The number of nitrogens with zero attached hydrogens (tertiary/aromatic N) is 4. The van der Waals surface area contributed by atoms with E-state index < -0.39 is 10.0 Å². The third kappa shape index (κ3) is 6.14. The molecule has 1 aromatic heterocycles. The lowest BCUT2D eigenvalue weighted by molar-refractivity contribution is 0.242. The molecule has 0 atom stereocenters. The van der Waals surface area contributed by atoms with Crippen LogP contribution in [0.5, 0.6) is 5.75 Å². The maximum atomic E-state index is 13.6. The Morgan fingerprint density at radius 2 is 1.82 bits per heavy atom. The Kier molecular flexibility index (Phi) is 7.87. The molecule has 1 saturated heterocycles. The molecule has 2 aliphatic rings. The van der Waals surface area contributed by atoms with Crippen molar-refractivity contribution < 1.29 is 13.2 Å². The monoisotopic (exact) mass is 585 g/mol. The SMILES string of the molecule is CC(C)c1cc(CS(=O)(=O)N2CCN(c3cnn(-c4cccc(Cl)c4)c(=O)c3OCC3(C)CC3)CC2)ccc1N. The van der Waals surface area contributed by atoms with Gasteiger partial charge in [0.05, 0.1) is 24.2 Å². The molecule has 0 unspecified atom stereocenters. The lowest BCUT2D eigenvalue weighted by Gasteiger charge is -2.35. The number of aromatic nitrogens is 2. The number of piperazine rings is 1. The molecule has 2 N–H and O–H groups in total. The first kappa shape index (κ1) is 28.4. The Balaban J connectivity index is 1.35. The van der Waals surface area contributed by atoms with Gasteiger partial charge in [-0.05, 0) is 54.2 Å². The number of anilines is 2. The Labute approximate surface area is 240 Å². The first-order valence-electron chi connectivity index (χ1n) is 13.6. The highest BCUT2D eigenvalue weighted by molar-refractivity contribution is 7.88. The fourth-order valence-electron chi connectivity index (χ4n) is 4.91. The smallest absolute Gasteiger partial charge is 0.316 e. The van der Waals surface area contributed by atoms with Crippen LogP contribution in [-0.4, -0.2) is 55.3 Å². The molecule has 9 nitrogen and oxygen atoms in total. The van der Waals surface area contributed by atoms with Gasteiger partial charge in [-0.3, -0.25) is 4.79 Å². The van der Waals surface area contributed by atoms with Crippen molar-refractivity contribution in [1.82, 2.24) is 14.1 Å². The van der Waals surface area contributed by atoms with Crippen LogP contribution in [0, 0.1) is 5.41 Å². The van der Waals surface area contributed by atoms with Crippen molar-refractivity contribution in [3.8, 4) is 11.4 Å². The van der Waals surface area contributed by atoms with Crippen LogP contribution in [0.1, 0.15) is 50.7 Å². The van der Waals surface area contributed by atoms with Crippen molar-refractivity contribution >= 4 is 33.0 Å². The van der Waals surface area contributed by atoms with E-state index in [9.17, 15) is 13.2 Å². The van der Waals surface area contributed by atoms with Gasteiger partial charge in [0.2, 0.25) is 15.8 Å². The fraction of sp³-hybridized carbons (Fsp3) is 0.448. The fourth-order valence-corrected chi connectivity index (χ4v) is 6.60. The summed E-state index contributed by atoms with van der Waals surface area (Å²) in [4.78, 5) is 15.6. The molecule has 0 bridgehead atoms. The van der Waals surface area contributed by atoms with Crippen molar-refractivity contribution in [3.63, 3.8) is 0 Å². The Hall–Kier alpha value is -3.08. The van der Waals surface area contributed by atoms with Crippen LogP contribution in [0.15, 0.2) is 53.5 Å². The van der Waals surface area contributed by atoms with Crippen LogP contribution in [0.2, 0.25) is 5.02 Å². The Morgan fingerprint density at radius 3 is 2.48 bits per heavy atom. The molecular weight excluding hydrogens is 550 g/mol. The summed E-state index contributed by atoms with van der Waals surface area (Å²) in [5.74, 6) is 0.340. The number of benzene rings is 2. The van der Waals surface area contributed by atoms with E-state index in [-0.39, 0.29) is 28.4 Å². The second-order valence-corrected chi connectivity index (χ2v) is 13.8. The molecule has 3 aromatic rings. The van der Waals surface area contributed by atoms with Gasteiger partial charge < -0.3 is 15.4 Å². The van der Waals surface area contributed by atoms with Crippen molar-refractivity contribution in [2.45, 2.75) is 45.3 Å². The normalized spacial score (nSPS) is 17.3. The zero-order valence-corrected chi connectivity index (χ0v) is 24.7. The molecular formula is C29H36ClN5O4S. The maximum absolute atomic E-state index is 13.6. The summed E-state index contributed by atoms with van der Waals surface area (Å²) in [7, 11) is -3.54. The molecule has 1 aliphatic heterocycles. The predicted octanol–water partition coefficient (Wildman–Crippen LogP) is 4.42. The van der Waals surface area contributed by atoms with E-state index in [1.807, 2.05) is 24.8 Å². The van der Waals surface area contributed by atoms with Crippen LogP contribution in [0.4, 0.5) is 11.4 Å². The van der Waals surface area contributed by atoms with Gasteiger partial charge in [0, 0.05) is 42.3 Å². The zero-order valence-electron chi connectivity index (χ0n) is 23.1. The van der Waals surface area contributed by atoms with Crippen LogP contribution in [0.3, 0.4) is 0 Å². The second kappa shape index (κ2) is 11.1. The van der Waals surface area contributed by atoms with Crippen molar-refractivity contribution in [1.29, 1.82) is 0 Å². The van der Waals surface area contributed by atoms with E-state index in [0.717, 1.165) is 24.0 Å². The third-order valence-corrected chi connectivity index (χ3v) is 9.82. The second-order valence-electron chi connectivity index (χ2n) is 11.4. The van der Waals surface area contributed by atoms with E-state index >= 15 is 0 Å². The average molecular weight is 586 g/mol. The first-order chi connectivity index (χ1) is 19.0. The molecule has 0 radical (unpaired) electrons. The number of halogens is 1. The summed E-state index contributed by atoms with van der Waals surface area (Å²) in [6.07, 6.45) is 3.73. The zero-order chi connectivity index (χ0) is 28.7. The molecule has 1 saturated carbocycles. The van der Waals surface area contributed by atoms with Gasteiger partial charge in [0.15, 0.2) is 0 Å². The molecule has 40 heavy (non-hydrogen) atoms. The molecule has 2 fully saturated rings. The summed E-state index contributed by atoms with van der Waals surface area (Å²) in [6, 6.07) is 12.4. The first-order valence-corrected chi connectivity index (χ1v) is 15.6. The van der Waals surface area contributed by atoms with Gasteiger partial charge in [0.1, 0.15) is 5.69 Å². The number of nitrogen functional groups attached to an aromatic ring is 1. The summed E-state index contributed by atoms with van der Waals surface area (Å²) in [5.41, 5.74) is 9.23. The van der Waals surface area contributed by atoms with Crippen molar-refractivity contribution in [2.75, 3.05) is 43.4 Å². The van der Waals surface area contributed by atoms with Crippen LogP contribution in [-0.2, 0) is 15.8 Å². The molecule has 0 amide bonds. The average Bonchev–Trinajstić information content (AvgIpc) is 3.65. The van der Waals surface area contributed by atoms with E-state index in [0.29, 0.717) is 54.9 Å². The summed E-state index contributed by atoms with van der Waals surface area (Å²) in [6.45, 7) is 8.05. The van der Waals surface area contributed by atoms with Crippen LogP contribution < -0.4 is 20.9 Å². The molecule has 5 rings (SSSR count). The minimum Gasteiger partial charge on any atom is -0.486 e. The van der Waals surface area contributed by atoms with Gasteiger partial charge in [-0.2, -0.15) is 14.1 Å². The van der Waals surface area contributed by atoms with Gasteiger partial charge in [-0.15, -0.1) is 0 Å². The molecule has 2 heterocycles. The van der Waals surface area contributed by atoms with Crippen LogP contribution in [0.25, 0.3) is 5.69 Å². The van der Waals surface area contributed by atoms with Gasteiger partial charge in [-0.1, -0.05) is 50.6 Å². The van der Waals surface area contributed by atoms with Crippen molar-refractivity contribution in [2.24, 2.45) is 5.41 Å². The van der Waals surface area contributed by atoms with Crippen molar-refractivity contribution in [3.05, 3.63) is 75.2 Å². The number of rotatable bonds is 9. The summed E-state index contributed by atoms with van der Waals surface area (Å²) < 4.78 is 35.6. The number of nitrogens with two attached hydrogens (primary N) is 1. The van der Waals surface area contributed by atoms with E-state index in [4.69, 9.17) is 22.1 Å². The number of hydrogen-bond acceptors (Lipinski definition) is 7. The molecule has 11 heteroatoms. The highest BCUT2D eigenvalue weighted by Gasteiger charge is 2.39. The van der Waals surface area contributed by atoms with E-state index in [2.05, 4.69) is 12.0 Å². The summed E-state index contributed by atoms with van der Waals surface area (Å²) >= 11 is 6.16. The van der Waals surface area contributed by atoms with Gasteiger partial charge in [-0.25, -0.2) is 8.42 Å². The minimum atomic E-state index is -3.54. The summed E-state index contributed by atoms with van der Waals surface area (Å²) in [5, 5.41) is 4.92. The van der Waals surface area contributed by atoms with Gasteiger partial charge in [0.25, 0.3) is 0 Å². The lowest BCUT2D eigenvalue weighted by atomic mass is 9.99. The van der Waals surface area contributed by atoms with Gasteiger partial charge >= 0.3 is 5.56 Å². The van der Waals surface area contributed by atoms with E-state index in [1.54, 1.807) is 42.6 Å². The maximum Gasteiger partial charge on any atom is 0.316 e. The topological polar surface area (TPSA) is 111 Å². The number of sulfonamides is 1. The quantitative estimate of drug-likeness (QED) is 0.370. The number of hydrogen-bond donors (Lipinski definition) is 1. The Bertz CT molecular complexity index is 1560. The predicted molar refractivity (Wildman–Crippen MR) is 159 cm³/mol.